The molecule has 1 aromatic carbocycles. The quantitative estimate of drug-likeness (QED) is 0.358. The van der Waals surface area contributed by atoms with Gasteiger partial charge in [-0.25, -0.2) is 0 Å². The fourth-order valence-electron chi connectivity index (χ4n) is 1.53. The molecule has 0 spiro atoms. The maximum atomic E-state index is 10.9. The molecule has 0 radical (unpaired) electrons. The fraction of sp³-hybridized carbons (Fsp3) is 0.462. The molecule has 0 fully saturated rings. The minimum atomic E-state index is -0.816. The van der Waals surface area contributed by atoms with Crippen molar-refractivity contribution in [3.8, 4) is 0 Å². The Balaban J connectivity index is 2.51. The summed E-state index contributed by atoms with van der Waals surface area (Å²) in [6.45, 7) is 3.37. The first kappa shape index (κ1) is 15.5. The summed E-state index contributed by atoms with van der Waals surface area (Å²) in [6.07, 6.45) is 1.26. The molecule has 0 aliphatic heterocycles. The summed E-state index contributed by atoms with van der Waals surface area (Å²) in [7, 11) is 0. The van der Waals surface area contributed by atoms with Gasteiger partial charge in [0.15, 0.2) is 0 Å². The number of nitrogens with zero attached hydrogens (tertiary/aromatic N) is 1. The van der Waals surface area contributed by atoms with E-state index in [1.165, 1.54) is 17.8 Å². The molecular formula is C13H17NO4S. The van der Waals surface area contributed by atoms with Gasteiger partial charge in [0.05, 0.1) is 15.2 Å². The third-order valence-corrected chi connectivity index (χ3v) is 3.99. The number of carboxylic acid groups (broad SMARTS) is 1. The topological polar surface area (TPSA) is 80.4 Å². The van der Waals surface area contributed by atoms with Gasteiger partial charge in [0, 0.05) is 6.07 Å². The molecule has 0 aliphatic rings. The summed E-state index contributed by atoms with van der Waals surface area (Å²) < 4.78 is 0. The van der Waals surface area contributed by atoms with Crippen LogP contribution in [-0.2, 0) is 4.79 Å². The zero-order valence-corrected chi connectivity index (χ0v) is 11.8. The van der Waals surface area contributed by atoms with Crippen molar-refractivity contribution < 1.29 is 14.8 Å². The molecule has 0 aliphatic carbocycles. The van der Waals surface area contributed by atoms with Crippen molar-refractivity contribution in [1.29, 1.82) is 0 Å². The number of carbonyl (C=O) groups is 1. The highest BCUT2D eigenvalue weighted by atomic mass is 32.2. The van der Waals surface area contributed by atoms with Crippen LogP contribution in [0.1, 0.15) is 26.7 Å². The number of aliphatic carboxylic acids is 1. The molecule has 0 saturated carbocycles. The lowest BCUT2D eigenvalue weighted by Crippen LogP contribution is -2.23. The van der Waals surface area contributed by atoms with Crippen molar-refractivity contribution in [3.63, 3.8) is 0 Å². The minimum Gasteiger partial charge on any atom is -0.481 e. The smallest absolute Gasteiger partial charge is 0.309 e. The summed E-state index contributed by atoms with van der Waals surface area (Å²) >= 11 is 1.39. The van der Waals surface area contributed by atoms with Crippen molar-refractivity contribution in [2.24, 2.45) is 5.41 Å². The molecule has 6 heteroatoms. The first-order chi connectivity index (χ1) is 8.84. The standard InChI is InChI=1S/C13H17NO4S/c1-13(2,12(15)16)8-5-9-19-11-7-4-3-6-10(11)14(17)18/h3-4,6-7H,5,8-9H2,1-2H3,(H,15,16). The Kier molecular flexibility index (Phi) is 5.35. The second-order valence-electron chi connectivity index (χ2n) is 4.87. The van der Waals surface area contributed by atoms with Gasteiger partial charge in [-0.2, -0.15) is 0 Å². The highest BCUT2D eigenvalue weighted by Gasteiger charge is 2.26. The molecule has 1 aromatic rings. The van der Waals surface area contributed by atoms with E-state index in [9.17, 15) is 14.9 Å². The summed E-state index contributed by atoms with van der Waals surface area (Å²) in [6, 6.07) is 6.58. The monoisotopic (exact) mass is 283 g/mol. The SMILES string of the molecule is CC(C)(CCCSc1ccccc1[N+](=O)[O-])C(=O)O. The Hall–Kier alpha value is -1.56. The van der Waals surface area contributed by atoms with Gasteiger partial charge >= 0.3 is 5.97 Å². The van der Waals surface area contributed by atoms with Gasteiger partial charge in [-0.1, -0.05) is 12.1 Å². The van der Waals surface area contributed by atoms with Gasteiger partial charge in [0.2, 0.25) is 0 Å². The van der Waals surface area contributed by atoms with Gasteiger partial charge in [0.1, 0.15) is 0 Å². The molecule has 0 aromatic heterocycles. The van der Waals surface area contributed by atoms with Crippen molar-refractivity contribution in [1.82, 2.24) is 0 Å². The van der Waals surface area contributed by atoms with Gasteiger partial charge in [0.25, 0.3) is 5.69 Å². The molecule has 104 valence electrons. The zero-order chi connectivity index (χ0) is 14.5. The maximum Gasteiger partial charge on any atom is 0.309 e. The summed E-state index contributed by atoms with van der Waals surface area (Å²) in [4.78, 5) is 22.0. The Morgan fingerprint density at radius 2 is 2.05 bits per heavy atom. The van der Waals surface area contributed by atoms with E-state index in [-0.39, 0.29) is 5.69 Å². The highest BCUT2D eigenvalue weighted by molar-refractivity contribution is 7.99. The van der Waals surface area contributed by atoms with E-state index >= 15 is 0 Å². The Morgan fingerprint density at radius 3 is 2.63 bits per heavy atom. The molecule has 1 rings (SSSR count). The number of rotatable bonds is 7. The highest BCUT2D eigenvalue weighted by Crippen LogP contribution is 2.31. The number of nitro groups is 1. The predicted molar refractivity (Wildman–Crippen MR) is 74.5 cm³/mol. The normalized spacial score (nSPS) is 11.3. The average molecular weight is 283 g/mol. The lowest BCUT2D eigenvalue weighted by Gasteiger charge is -2.18. The van der Waals surface area contributed by atoms with E-state index in [0.29, 0.717) is 23.5 Å². The second kappa shape index (κ2) is 6.56. The van der Waals surface area contributed by atoms with E-state index in [0.717, 1.165) is 0 Å². The van der Waals surface area contributed by atoms with E-state index in [2.05, 4.69) is 0 Å². The van der Waals surface area contributed by atoms with Crippen molar-refractivity contribution >= 4 is 23.4 Å². The third kappa shape index (κ3) is 4.55. The maximum absolute atomic E-state index is 10.9. The van der Waals surface area contributed by atoms with Crippen LogP contribution >= 0.6 is 11.8 Å². The van der Waals surface area contributed by atoms with Crippen molar-refractivity contribution in [2.45, 2.75) is 31.6 Å². The van der Waals surface area contributed by atoms with E-state index in [4.69, 9.17) is 5.11 Å². The van der Waals surface area contributed by atoms with E-state index in [1.54, 1.807) is 32.0 Å². The molecule has 19 heavy (non-hydrogen) atoms. The first-order valence-electron chi connectivity index (χ1n) is 5.94. The van der Waals surface area contributed by atoms with E-state index in [1.807, 2.05) is 0 Å². The summed E-state index contributed by atoms with van der Waals surface area (Å²) in [5.74, 6) is -0.148. The Bertz CT molecular complexity index is 473. The van der Waals surface area contributed by atoms with Crippen molar-refractivity contribution in [3.05, 3.63) is 34.4 Å². The number of hydrogen-bond donors (Lipinski definition) is 1. The number of para-hydroxylation sites is 1. The molecule has 0 amide bonds. The summed E-state index contributed by atoms with van der Waals surface area (Å²) in [5, 5.41) is 19.8. The molecule has 1 N–H and O–H groups in total. The van der Waals surface area contributed by atoms with Crippen LogP contribution in [0.2, 0.25) is 0 Å². The molecule has 0 saturated heterocycles. The van der Waals surface area contributed by atoms with Crippen LogP contribution in [0.3, 0.4) is 0 Å². The number of hydrogen-bond acceptors (Lipinski definition) is 4. The van der Waals surface area contributed by atoms with Crippen LogP contribution < -0.4 is 0 Å². The molecule has 0 heterocycles. The molecular weight excluding hydrogens is 266 g/mol. The third-order valence-electron chi connectivity index (χ3n) is 2.84. The van der Waals surface area contributed by atoms with Crippen LogP contribution in [0.4, 0.5) is 5.69 Å². The Morgan fingerprint density at radius 1 is 1.42 bits per heavy atom. The molecule has 5 nitrogen and oxygen atoms in total. The van der Waals surface area contributed by atoms with Crippen LogP contribution in [0, 0.1) is 15.5 Å². The largest absolute Gasteiger partial charge is 0.481 e. The zero-order valence-electron chi connectivity index (χ0n) is 11.0. The average Bonchev–Trinajstić information content (AvgIpc) is 2.34. The molecule has 0 bridgehead atoms. The molecule has 0 atom stereocenters. The lowest BCUT2D eigenvalue weighted by atomic mass is 9.88. The number of nitro benzene ring substituents is 1. The van der Waals surface area contributed by atoms with Crippen LogP contribution in [0.25, 0.3) is 0 Å². The number of benzene rings is 1. The van der Waals surface area contributed by atoms with Gasteiger partial charge in [-0.15, -0.1) is 11.8 Å². The number of thioether (sulfide) groups is 1. The van der Waals surface area contributed by atoms with Crippen LogP contribution in [-0.4, -0.2) is 21.8 Å². The second-order valence-corrected chi connectivity index (χ2v) is 6.00. The van der Waals surface area contributed by atoms with Crippen LogP contribution in [0.15, 0.2) is 29.2 Å². The summed E-state index contributed by atoms with van der Waals surface area (Å²) in [5.41, 5.74) is -0.645. The fourth-order valence-corrected chi connectivity index (χ4v) is 2.51. The molecule has 0 unspecified atom stereocenters. The van der Waals surface area contributed by atoms with Crippen molar-refractivity contribution in [2.75, 3.05) is 5.75 Å². The predicted octanol–water partition coefficient (Wildman–Crippen LogP) is 3.58. The first-order valence-corrected chi connectivity index (χ1v) is 6.93. The number of carboxylic acids is 1. The Labute approximate surface area is 116 Å². The van der Waals surface area contributed by atoms with E-state index < -0.39 is 16.3 Å². The van der Waals surface area contributed by atoms with Crippen LogP contribution in [0.5, 0.6) is 0 Å². The lowest BCUT2D eigenvalue weighted by molar-refractivity contribution is -0.387. The van der Waals surface area contributed by atoms with Gasteiger partial charge < -0.3 is 5.11 Å². The van der Waals surface area contributed by atoms with Gasteiger partial charge in [-0.3, -0.25) is 14.9 Å². The minimum absolute atomic E-state index is 0.102. The van der Waals surface area contributed by atoms with Gasteiger partial charge in [-0.05, 0) is 38.5 Å².